The number of carbonyl (C=O) groups excluding carboxylic acids is 1. The molecule has 1 aliphatic rings. The molecule has 1 amide bonds. The minimum absolute atomic E-state index is 0.122. The third-order valence-electron chi connectivity index (χ3n) is 5.16. The summed E-state index contributed by atoms with van der Waals surface area (Å²) in [6, 6.07) is 20.4. The number of sulfonamides is 1. The van der Waals surface area contributed by atoms with Crippen molar-refractivity contribution in [2.45, 2.75) is 6.61 Å². The molecule has 8 heteroatoms. The Labute approximate surface area is 192 Å². The number of hydrogen-bond acceptors (Lipinski definition) is 5. The molecule has 0 bridgehead atoms. The minimum Gasteiger partial charge on any atom is -0.488 e. The lowest BCUT2D eigenvalue weighted by atomic mass is 10.1. The number of nitrogens with zero attached hydrogens (tertiary/aromatic N) is 2. The second kappa shape index (κ2) is 10.1. The van der Waals surface area contributed by atoms with E-state index in [2.05, 4.69) is 0 Å². The van der Waals surface area contributed by atoms with Crippen molar-refractivity contribution in [3.63, 3.8) is 0 Å². The van der Waals surface area contributed by atoms with Crippen molar-refractivity contribution in [3.05, 3.63) is 93.5 Å². The fourth-order valence-electron chi connectivity index (χ4n) is 3.41. The summed E-state index contributed by atoms with van der Waals surface area (Å²) in [5.41, 5.74) is 1.36. The van der Waals surface area contributed by atoms with Crippen LogP contribution >= 0.6 is 11.3 Å². The van der Waals surface area contributed by atoms with Crippen LogP contribution in [0, 0.1) is 0 Å². The van der Waals surface area contributed by atoms with Gasteiger partial charge >= 0.3 is 0 Å². The second-order valence-corrected chi connectivity index (χ2v) is 10.2. The van der Waals surface area contributed by atoms with E-state index in [1.54, 1.807) is 40.5 Å². The molecule has 1 fully saturated rings. The molecule has 1 saturated heterocycles. The lowest BCUT2D eigenvalue weighted by Gasteiger charge is -2.33. The highest BCUT2D eigenvalue weighted by Crippen LogP contribution is 2.19. The van der Waals surface area contributed by atoms with Gasteiger partial charge in [-0.1, -0.05) is 42.5 Å². The number of carbonyl (C=O) groups is 1. The Morgan fingerprint density at radius 2 is 1.75 bits per heavy atom. The van der Waals surface area contributed by atoms with Crippen molar-refractivity contribution in [2.75, 3.05) is 26.2 Å². The van der Waals surface area contributed by atoms with E-state index >= 15 is 0 Å². The highest BCUT2D eigenvalue weighted by Gasteiger charge is 2.28. The first-order valence-electron chi connectivity index (χ1n) is 10.3. The first kappa shape index (κ1) is 22.3. The molecule has 0 saturated carbocycles. The fourth-order valence-corrected chi connectivity index (χ4v) is 5.20. The van der Waals surface area contributed by atoms with Crippen molar-refractivity contribution in [2.24, 2.45) is 0 Å². The van der Waals surface area contributed by atoms with Crippen LogP contribution in [0.5, 0.6) is 5.75 Å². The van der Waals surface area contributed by atoms with Crippen molar-refractivity contribution in [1.82, 2.24) is 9.21 Å². The zero-order chi connectivity index (χ0) is 22.4. The average molecular weight is 469 g/mol. The molecule has 3 aromatic rings. The van der Waals surface area contributed by atoms with E-state index in [1.807, 2.05) is 53.9 Å². The molecule has 166 valence electrons. The topological polar surface area (TPSA) is 66.9 Å². The van der Waals surface area contributed by atoms with Crippen LogP contribution in [0.15, 0.2) is 77.5 Å². The highest BCUT2D eigenvalue weighted by molar-refractivity contribution is 7.92. The molecule has 0 spiro atoms. The molecule has 0 radical (unpaired) electrons. The van der Waals surface area contributed by atoms with Crippen molar-refractivity contribution >= 4 is 33.3 Å². The quantitative estimate of drug-likeness (QED) is 0.524. The molecular formula is C24H24N2O4S2. The standard InChI is InChI=1S/C24H24N2O4S2/c27-24(21-8-4-9-22(18-21)30-19-23-10-5-16-31-23)25-12-14-26(15-13-25)32(28,29)17-11-20-6-2-1-3-7-20/h1-11,16-18H,12-15,19H2. The Balaban J connectivity index is 1.34. The Bertz CT molecular complexity index is 1170. The van der Waals surface area contributed by atoms with Crippen molar-refractivity contribution in [3.8, 4) is 5.75 Å². The summed E-state index contributed by atoms with van der Waals surface area (Å²) in [6.45, 7) is 1.68. The molecule has 4 rings (SSSR count). The molecule has 0 aliphatic carbocycles. The number of rotatable bonds is 7. The Morgan fingerprint density at radius 1 is 0.969 bits per heavy atom. The summed E-state index contributed by atoms with van der Waals surface area (Å²) in [5, 5.41) is 3.23. The summed E-state index contributed by atoms with van der Waals surface area (Å²) >= 11 is 1.62. The van der Waals surface area contributed by atoms with E-state index in [0.29, 0.717) is 31.0 Å². The van der Waals surface area contributed by atoms with E-state index < -0.39 is 10.0 Å². The molecule has 2 aromatic carbocycles. The predicted octanol–water partition coefficient (Wildman–Crippen LogP) is 4.09. The predicted molar refractivity (Wildman–Crippen MR) is 127 cm³/mol. The van der Waals surface area contributed by atoms with Gasteiger partial charge in [-0.25, -0.2) is 8.42 Å². The molecular weight excluding hydrogens is 444 g/mol. The zero-order valence-electron chi connectivity index (χ0n) is 17.5. The number of amides is 1. The Kier molecular flexibility index (Phi) is 7.04. The van der Waals surface area contributed by atoms with E-state index in [0.717, 1.165) is 10.4 Å². The van der Waals surface area contributed by atoms with Gasteiger partial charge in [-0.3, -0.25) is 4.79 Å². The van der Waals surface area contributed by atoms with Crippen molar-refractivity contribution in [1.29, 1.82) is 0 Å². The normalized spacial score (nSPS) is 15.2. The fraction of sp³-hybridized carbons (Fsp3) is 0.208. The van der Waals surface area contributed by atoms with Gasteiger partial charge in [-0.15, -0.1) is 11.3 Å². The maximum atomic E-state index is 12.9. The monoisotopic (exact) mass is 468 g/mol. The first-order chi connectivity index (χ1) is 15.5. The van der Waals surface area contributed by atoms with E-state index in [-0.39, 0.29) is 19.0 Å². The molecule has 0 unspecified atom stereocenters. The molecule has 2 heterocycles. The zero-order valence-corrected chi connectivity index (χ0v) is 19.1. The summed E-state index contributed by atoms with van der Waals surface area (Å²) < 4.78 is 32.5. The first-order valence-corrected chi connectivity index (χ1v) is 12.7. The van der Waals surface area contributed by atoms with E-state index in [9.17, 15) is 13.2 Å². The molecule has 32 heavy (non-hydrogen) atoms. The van der Waals surface area contributed by atoms with Crippen LogP contribution in [0.4, 0.5) is 0 Å². The van der Waals surface area contributed by atoms with E-state index in [4.69, 9.17) is 4.74 Å². The van der Waals surface area contributed by atoms with Gasteiger partial charge in [0.15, 0.2) is 0 Å². The maximum absolute atomic E-state index is 12.9. The maximum Gasteiger partial charge on any atom is 0.254 e. The summed E-state index contributed by atoms with van der Waals surface area (Å²) in [6.07, 6.45) is 1.59. The molecule has 0 N–H and O–H groups in total. The Hall–Kier alpha value is -2.94. The number of benzene rings is 2. The highest BCUT2D eigenvalue weighted by atomic mass is 32.2. The largest absolute Gasteiger partial charge is 0.488 e. The van der Waals surface area contributed by atoms with Crippen LogP contribution in [0.2, 0.25) is 0 Å². The molecule has 6 nitrogen and oxygen atoms in total. The van der Waals surface area contributed by atoms with Gasteiger partial charge in [0, 0.05) is 42.0 Å². The molecule has 1 aliphatic heterocycles. The van der Waals surface area contributed by atoms with Gasteiger partial charge in [-0.05, 0) is 41.3 Å². The van der Waals surface area contributed by atoms with Crippen LogP contribution in [0.1, 0.15) is 20.8 Å². The lowest BCUT2D eigenvalue weighted by Crippen LogP contribution is -2.50. The Morgan fingerprint density at radius 3 is 2.47 bits per heavy atom. The van der Waals surface area contributed by atoms with Crippen LogP contribution in [-0.4, -0.2) is 49.7 Å². The third kappa shape index (κ3) is 5.64. The van der Waals surface area contributed by atoms with Gasteiger partial charge in [0.1, 0.15) is 12.4 Å². The summed E-state index contributed by atoms with van der Waals surface area (Å²) in [4.78, 5) is 15.7. The molecule has 0 atom stereocenters. The second-order valence-electron chi connectivity index (χ2n) is 7.35. The van der Waals surface area contributed by atoms with Crippen LogP contribution in [0.25, 0.3) is 6.08 Å². The van der Waals surface area contributed by atoms with Crippen LogP contribution in [-0.2, 0) is 16.6 Å². The van der Waals surface area contributed by atoms with Gasteiger partial charge in [0.25, 0.3) is 5.91 Å². The van der Waals surface area contributed by atoms with Gasteiger partial charge in [-0.2, -0.15) is 4.31 Å². The smallest absolute Gasteiger partial charge is 0.254 e. The number of piperazine rings is 1. The van der Waals surface area contributed by atoms with Crippen LogP contribution in [0.3, 0.4) is 0 Å². The number of ether oxygens (including phenoxy) is 1. The van der Waals surface area contributed by atoms with E-state index in [1.165, 1.54) is 9.71 Å². The van der Waals surface area contributed by atoms with Crippen molar-refractivity contribution < 1.29 is 17.9 Å². The summed E-state index contributed by atoms with van der Waals surface area (Å²) in [5.74, 6) is 0.514. The SMILES string of the molecule is O=C(c1cccc(OCc2cccs2)c1)N1CCN(S(=O)(=O)C=Cc2ccccc2)CC1. The average Bonchev–Trinajstić information content (AvgIpc) is 3.36. The van der Waals surface area contributed by atoms with Gasteiger partial charge < -0.3 is 9.64 Å². The van der Waals surface area contributed by atoms with Gasteiger partial charge in [0.2, 0.25) is 10.0 Å². The lowest BCUT2D eigenvalue weighted by molar-refractivity contribution is 0.0698. The molecule has 1 aromatic heterocycles. The number of thiophene rings is 1. The minimum atomic E-state index is -3.54. The summed E-state index contributed by atoms with van der Waals surface area (Å²) in [7, 11) is -3.54. The number of hydrogen-bond donors (Lipinski definition) is 0. The van der Waals surface area contributed by atoms with Crippen LogP contribution < -0.4 is 4.74 Å². The van der Waals surface area contributed by atoms with Gasteiger partial charge in [0.05, 0.1) is 0 Å². The third-order valence-corrected chi connectivity index (χ3v) is 7.57.